The van der Waals surface area contributed by atoms with Gasteiger partial charge in [-0.1, -0.05) is 6.08 Å². The van der Waals surface area contributed by atoms with E-state index in [4.69, 9.17) is 23.4 Å². The van der Waals surface area contributed by atoms with Crippen molar-refractivity contribution in [2.75, 3.05) is 14.2 Å². The average molecular weight is 400 g/mol. The molecule has 1 heterocycles. The predicted molar refractivity (Wildman–Crippen MR) is 112 cm³/mol. The lowest BCUT2D eigenvalue weighted by Gasteiger charge is -2.19. The predicted octanol–water partition coefficient (Wildman–Crippen LogP) is 4.94. The zero-order valence-corrected chi connectivity index (χ0v) is 17.4. The second-order valence-electron chi connectivity index (χ2n) is 7.29. The first-order chi connectivity index (χ1) is 14.0. The summed E-state index contributed by atoms with van der Waals surface area (Å²) in [6, 6.07) is 6.76. The van der Waals surface area contributed by atoms with Gasteiger partial charge in [0.25, 0.3) is 0 Å². The minimum absolute atomic E-state index is 0.0328. The molecule has 0 saturated heterocycles. The zero-order chi connectivity index (χ0) is 20.8. The molecule has 0 radical (unpaired) electrons. The van der Waals surface area contributed by atoms with Gasteiger partial charge in [-0.25, -0.2) is 4.79 Å². The summed E-state index contributed by atoms with van der Waals surface area (Å²) in [4.78, 5) is 11.8. The molecule has 1 fully saturated rings. The fourth-order valence-corrected chi connectivity index (χ4v) is 3.36. The van der Waals surface area contributed by atoms with Crippen LogP contribution in [-0.4, -0.2) is 26.4 Å². The first kappa shape index (κ1) is 20.8. The smallest absolute Gasteiger partial charge is 0.339 e. The van der Waals surface area contributed by atoms with Gasteiger partial charge in [-0.05, 0) is 63.3 Å². The Labute approximate surface area is 171 Å². The molecule has 1 aliphatic rings. The zero-order valence-electron chi connectivity index (χ0n) is 17.4. The number of rotatable bonds is 8. The van der Waals surface area contributed by atoms with E-state index in [-0.39, 0.29) is 12.2 Å². The highest BCUT2D eigenvalue weighted by atomic mass is 16.5. The first-order valence-corrected chi connectivity index (χ1v) is 9.91. The van der Waals surface area contributed by atoms with E-state index in [1.807, 2.05) is 32.1 Å². The third-order valence-corrected chi connectivity index (χ3v) is 4.64. The third-order valence-electron chi connectivity index (χ3n) is 4.64. The van der Waals surface area contributed by atoms with Gasteiger partial charge in [0.2, 0.25) is 5.75 Å². The fraction of sp³-hybridized carbons (Fsp3) is 0.435. The molecule has 1 aromatic heterocycles. The minimum atomic E-state index is -0.460. The first-order valence-electron chi connectivity index (χ1n) is 9.91. The summed E-state index contributed by atoms with van der Waals surface area (Å²) >= 11 is 0. The summed E-state index contributed by atoms with van der Waals surface area (Å²) in [7, 11) is 3.21. The van der Waals surface area contributed by atoms with Gasteiger partial charge < -0.3 is 23.4 Å². The highest BCUT2D eigenvalue weighted by Crippen LogP contribution is 2.41. The summed E-state index contributed by atoms with van der Waals surface area (Å²) in [6.07, 6.45) is 8.14. The van der Waals surface area contributed by atoms with Crippen molar-refractivity contribution < 1.29 is 23.4 Å². The molecule has 2 aromatic rings. The Morgan fingerprint density at radius 3 is 2.24 bits per heavy atom. The van der Waals surface area contributed by atoms with E-state index in [2.05, 4.69) is 0 Å². The SMILES string of the molecule is COc1cc(C=Cc2cc(OC(C)C)cc(=O)o2)cc(OC)c1OC1CCCC1. The molecule has 1 aromatic carbocycles. The van der Waals surface area contributed by atoms with E-state index in [9.17, 15) is 4.79 Å². The molecule has 156 valence electrons. The standard InChI is InChI=1S/C23H28O6/c1-15(2)27-19-13-18(28-22(24)14-19)10-9-16-11-20(25-3)23(21(12-16)26-4)29-17-7-5-6-8-17/h9-15,17H,5-8H2,1-4H3. The molecule has 0 amide bonds. The van der Waals surface area contributed by atoms with Crippen molar-refractivity contribution in [3.63, 3.8) is 0 Å². The van der Waals surface area contributed by atoms with Crippen molar-refractivity contribution >= 4 is 12.2 Å². The van der Waals surface area contributed by atoms with Crippen LogP contribution in [0.1, 0.15) is 50.9 Å². The van der Waals surface area contributed by atoms with E-state index < -0.39 is 5.63 Å². The van der Waals surface area contributed by atoms with Crippen molar-refractivity contribution in [2.45, 2.75) is 51.7 Å². The lowest BCUT2D eigenvalue weighted by atomic mass is 10.1. The van der Waals surface area contributed by atoms with Crippen LogP contribution < -0.4 is 24.6 Å². The van der Waals surface area contributed by atoms with Gasteiger partial charge >= 0.3 is 5.63 Å². The number of ether oxygens (including phenoxy) is 4. The van der Waals surface area contributed by atoms with Gasteiger partial charge in [0.05, 0.1) is 32.5 Å². The minimum Gasteiger partial charge on any atom is -0.493 e. The molecule has 0 atom stereocenters. The van der Waals surface area contributed by atoms with Crippen LogP contribution >= 0.6 is 0 Å². The Morgan fingerprint density at radius 2 is 1.66 bits per heavy atom. The van der Waals surface area contributed by atoms with Gasteiger partial charge in [0.1, 0.15) is 11.5 Å². The van der Waals surface area contributed by atoms with Gasteiger partial charge in [-0.3, -0.25) is 0 Å². The van der Waals surface area contributed by atoms with Gasteiger partial charge in [0, 0.05) is 6.07 Å². The Hall–Kier alpha value is -2.89. The van der Waals surface area contributed by atoms with E-state index in [0.717, 1.165) is 18.4 Å². The molecule has 6 heteroatoms. The van der Waals surface area contributed by atoms with E-state index >= 15 is 0 Å². The lowest BCUT2D eigenvalue weighted by molar-refractivity contribution is 0.191. The second kappa shape index (κ2) is 9.54. The Kier molecular flexibility index (Phi) is 6.86. The molecule has 0 unspecified atom stereocenters. The molecule has 0 aliphatic heterocycles. The Bertz CT molecular complexity index is 881. The Morgan fingerprint density at radius 1 is 1.00 bits per heavy atom. The van der Waals surface area contributed by atoms with Crippen LogP contribution in [0.2, 0.25) is 0 Å². The molecule has 0 spiro atoms. The summed E-state index contributed by atoms with van der Waals surface area (Å²) in [5.41, 5.74) is 0.369. The molecule has 1 aliphatic carbocycles. The molecule has 3 rings (SSSR count). The maximum absolute atomic E-state index is 11.8. The van der Waals surface area contributed by atoms with Gasteiger partial charge in [-0.2, -0.15) is 0 Å². The van der Waals surface area contributed by atoms with Crippen molar-refractivity contribution in [1.29, 1.82) is 0 Å². The monoisotopic (exact) mass is 400 g/mol. The summed E-state index contributed by atoms with van der Waals surface area (Å²) in [5.74, 6) is 2.71. The summed E-state index contributed by atoms with van der Waals surface area (Å²) < 4.78 is 28.1. The summed E-state index contributed by atoms with van der Waals surface area (Å²) in [5, 5.41) is 0. The van der Waals surface area contributed by atoms with Crippen LogP contribution in [0.15, 0.2) is 33.5 Å². The molecular formula is C23H28O6. The number of methoxy groups -OCH3 is 2. The largest absolute Gasteiger partial charge is 0.493 e. The quantitative estimate of drug-likeness (QED) is 0.625. The van der Waals surface area contributed by atoms with Crippen LogP contribution in [0, 0.1) is 0 Å². The average Bonchev–Trinajstić information content (AvgIpc) is 3.19. The van der Waals surface area contributed by atoms with Crippen molar-refractivity contribution in [1.82, 2.24) is 0 Å². The highest BCUT2D eigenvalue weighted by Gasteiger charge is 2.21. The lowest BCUT2D eigenvalue weighted by Crippen LogP contribution is -2.12. The fourth-order valence-electron chi connectivity index (χ4n) is 3.36. The van der Waals surface area contributed by atoms with Crippen molar-refractivity contribution in [2.24, 2.45) is 0 Å². The number of hydrogen-bond acceptors (Lipinski definition) is 6. The van der Waals surface area contributed by atoms with Crippen LogP contribution in [-0.2, 0) is 0 Å². The van der Waals surface area contributed by atoms with Crippen molar-refractivity contribution in [3.8, 4) is 23.0 Å². The molecule has 29 heavy (non-hydrogen) atoms. The van der Waals surface area contributed by atoms with Crippen LogP contribution in [0.25, 0.3) is 12.2 Å². The van der Waals surface area contributed by atoms with Gasteiger partial charge in [-0.15, -0.1) is 0 Å². The summed E-state index contributed by atoms with van der Waals surface area (Å²) in [6.45, 7) is 3.80. The van der Waals surface area contributed by atoms with E-state index in [1.54, 1.807) is 26.4 Å². The maximum atomic E-state index is 11.8. The van der Waals surface area contributed by atoms with Crippen LogP contribution in [0.3, 0.4) is 0 Å². The topological polar surface area (TPSA) is 67.1 Å². The molecular weight excluding hydrogens is 372 g/mol. The normalized spacial score (nSPS) is 14.5. The molecule has 0 N–H and O–H groups in total. The third kappa shape index (κ3) is 5.56. The number of hydrogen-bond donors (Lipinski definition) is 0. The molecule has 0 bridgehead atoms. The number of benzene rings is 1. The van der Waals surface area contributed by atoms with Crippen LogP contribution in [0.5, 0.6) is 23.0 Å². The van der Waals surface area contributed by atoms with Gasteiger partial charge in [0.15, 0.2) is 11.5 Å². The van der Waals surface area contributed by atoms with Crippen LogP contribution in [0.4, 0.5) is 0 Å². The second-order valence-corrected chi connectivity index (χ2v) is 7.29. The van der Waals surface area contributed by atoms with E-state index in [0.29, 0.717) is 28.8 Å². The molecule has 1 saturated carbocycles. The highest BCUT2D eigenvalue weighted by molar-refractivity contribution is 5.71. The molecule has 6 nitrogen and oxygen atoms in total. The van der Waals surface area contributed by atoms with E-state index in [1.165, 1.54) is 18.9 Å². The van der Waals surface area contributed by atoms with Crippen molar-refractivity contribution in [3.05, 3.63) is 46.0 Å². The Balaban J connectivity index is 1.87. The maximum Gasteiger partial charge on any atom is 0.339 e.